The van der Waals surface area contributed by atoms with Crippen molar-refractivity contribution in [1.29, 1.82) is 0 Å². The van der Waals surface area contributed by atoms with Crippen molar-refractivity contribution < 1.29 is 4.74 Å². The Morgan fingerprint density at radius 2 is 1.94 bits per heavy atom. The molecule has 2 nitrogen and oxygen atoms in total. The van der Waals surface area contributed by atoms with E-state index in [1.165, 1.54) is 57.9 Å². The Labute approximate surface area is 108 Å². The lowest BCUT2D eigenvalue weighted by atomic mass is 10.0. The first-order valence-electron chi connectivity index (χ1n) is 7.61. The summed E-state index contributed by atoms with van der Waals surface area (Å²) in [5, 5.41) is 3.53. The molecule has 1 atom stereocenters. The van der Waals surface area contributed by atoms with E-state index >= 15 is 0 Å². The summed E-state index contributed by atoms with van der Waals surface area (Å²) in [7, 11) is 0. The van der Waals surface area contributed by atoms with Crippen LogP contribution in [0, 0.1) is 5.92 Å². The average molecular weight is 241 g/mol. The summed E-state index contributed by atoms with van der Waals surface area (Å²) in [6.45, 7) is 7.83. The van der Waals surface area contributed by atoms with Gasteiger partial charge in [-0.1, -0.05) is 39.5 Å². The number of hydrogen-bond donors (Lipinski definition) is 1. The summed E-state index contributed by atoms with van der Waals surface area (Å²) in [5.74, 6) is 0.872. The van der Waals surface area contributed by atoms with Crippen LogP contribution >= 0.6 is 0 Å². The van der Waals surface area contributed by atoms with E-state index in [2.05, 4.69) is 19.2 Å². The second-order valence-electron chi connectivity index (χ2n) is 5.79. The summed E-state index contributed by atoms with van der Waals surface area (Å²) < 4.78 is 5.69. The van der Waals surface area contributed by atoms with Crippen LogP contribution in [0.5, 0.6) is 0 Å². The topological polar surface area (TPSA) is 21.3 Å². The van der Waals surface area contributed by atoms with Gasteiger partial charge in [0.05, 0.1) is 6.10 Å². The Morgan fingerprint density at radius 1 is 1.12 bits per heavy atom. The van der Waals surface area contributed by atoms with Crippen LogP contribution in [0.1, 0.15) is 65.2 Å². The first-order valence-corrected chi connectivity index (χ1v) is 7.61. The predicted octanol–water partition coefficient (Wildman–Crippen LogP) is 3.75. The Balaban J connectivity index is 1.78. The highest BCUT2D eigenvalue weighted by Gasteiger charge is 2.12. The molecule has 1 unspecified atom stereocenters. The predicted molar refractivity (Wildman–Crippen MR) is 74.4 cm³/mol. The van der Waals surface area contributed by atoms with Crippen molar-refractivity contribution in [3.8, 4) is 0 Å². The second kappa shape index (κ2) is 9.90. The van der Waals surface area contributed by atoms with Gasteiger partial charge in [-0.3, -0.25) is 0 Å². The van der Waals surface area contributed by atoms with Crippen LogP contribution in [0.25, 0.3) is 0 Å². The van der Waals surface area contributed by atoms with Gasteiger partial charge in [0.1, 0.15) is 0 Å². The molecule has 1 N–H and O–H groups in total. The summed E-state index contributed by atoms with van der Waals surface area (Å²) in [6.07, 6.45) is 11.3. The molecule has 0 radical (unpaired) electrons. The lowest BCUT2D eigenvalue weighted by Crippen LogP contribution is -2.32. The summed E-state index contributed by atoms with van der Waals surface area (Å²) in [6, 6.07) is 0. The van der Waals surface area contributed by atoms with Gasteiger partial charge in [0, 0.05) is 13.2 Å². The molecule has 0 saturated carbocycles. The van der Waals surface area contributed by atoms with Crippen LogP contribution in [0.4, 0.5) is 0 Å². The first kappa shape index (κ1) is 15.0. The molecule has 17 heavy (non-hydrogen) atoms. The zero-order valence-electron chi connectivity index (χ0n) is 11.8. The van der Waals surface area contributed by atoms with Gasteiger partial charge >= 0.3 is 0 Å². The molecule has 0 aromatic carbocycles. The molecule has 0 bridgehead atoms. The van der Waals surface area contributed by atoms with Gasteiger partial charge in [-0.25, -0.2) is 0 Å². The third kappa shape index (κ3) is 8.62. The van der Waals surface area contributed by atoms with E-state index in [1.807, 2.05) is 0 Å². The molecule has 0 aromatic heterocycles. The standard InChI is InChI=1S/C15H31NO/c1-14(2)9-5-3-4-7-11-16-13-15-10-6-8-12-17-15/h14-16H,3-13H2,1-2H3. The van der Waals surface area contributed by atoms with Gasteiger partial charge in [-0.15, -0.1) is 0 Å². The maximum Gasteiger partial charge on any atom is 0.0699 e. The van der Waals surface area contributed by atoms with Crippen molar-refractivity contribution >= 4 is 0 Å². The average Bonchev–Trinajstić information content (AvgIpc) is 2.33. The molecule has 2 heteroatoms. The van der Waals surface area contributed by atoms with Gasteiger partial charge in [0.2, 0.25) is 0 Å². The fraction of sp³-hybridized carbons (Fsp3) is 1.00. The van der Waals surface area contributed by atoms with Crippen LogP contribution < -0.4 is 5.32 Å². The minimum atomic E-state index is 0.490. The van der Waals surface area contributed by atoms with E-state index in [1.54, 1.807) is 0 Å². The number of ether oxygens (including phenoxy) is 1. The quantitative estimate of drug-likeness (QED) is 0.621. The monoisotopic (exact) mass is 241 g/mol. The Bertz CT molecular complexity index is 164. The molecule has 1 fully saturated rings. The molecule has 0 aromatic rings. The van der Waals surface area contributed by atoms with Crippen LogP contribution in [-0.2, 0) is 4.74 Å². The summed E-state index contributed by atoms with van der Waals surface area (Å²) in [5.41, 5.74) is 0. The second-order valence-corrected chi connectivity index (χ2v) is 5.79. The molecule has 0 aliphatic carbocycles. The summed E-state index contributed by atoms with van der Waals surface area (Å²) >= 11 is 0. The SMILES string of the molecule is CC(C)CCCCCCNCC1CCCCO1. The largest absolute Gasteiger partial charge is 0.377 e. The Hall–Kier alpha value is -0.0800. The van der Waals surface area contributed by atoms with Crippen molar-refractivity contribution in [3.05, 3.63) is 0 Å². The van der Waals surface area contributed by atoms with E-state index in [0.29, 0.717) is 6.10 Å². The molecular formula is C15H31NO. The lowest BCUT2D eigenvalue weighted by Gasteiger charge is -2.22. The minimum absolute atomic E-state index is 0.490. The van der Waals surface area contributed by atoms with Crippen molar-refractivity contribution in [2.24, 2.45) is 5.92 Å². The van der Waals surface area contributed by atoms with E-state index in [9.17, 15) is 0 Å². The number of hydrogen-bond acceptors (Lipinski definition) is 2. The third-order valence-corrected chi connectivity index (χ3v) is 3.53. The molecule has 1 rings (SSSR count). The Morgan fingerprint density at radius 3 is 2.65 bits per heavy atom. The molecule has 0 spiro atoms. The normalized spacial score (nSPS) is 21.0. The van der Waals surface area contributed by atoms with Gasteiger partial charge in [0.25, 0.3) is 0 Å². The smallest absolute Gasteiger partial charge is 0.0699 e. The van der Waals surface area contributed by atoms with E-state index < -0.39 is 0 Å². The van der Waals surface area contributed by atoms with Gasteiger partial charge in [-0.05, 0) is 38.1 Å². The van der Waals surface area contributed by atoms with Crippen molar-refractivity contribution in [2.75, 3.05) is 19.7 Å². The lowest BCUT2D eigenvalue weighted by molar-refractivity contribution is 0.0170. The van der Waals surface area contributed by atoms with Crippen LogP contribution in [-0.4, -0.2) is 25.8 Å². The highest BCUT2D eigenvalue weighted by Crippen LogP contribution is 2.12. The summed E-state index contributed by atoms with van der Waals surface area (Å²) in [4.78, 5) is 0. The highest BCUT2D eigenvalue weighted by atomic mass is 16.5. The maximum absolute atomic E-state index is 5.69. The Kier molecular flexibility index (Phi) is 8.72. The fourth-order valence-corrected chi connectivity index (χ4v) is 2.39. The molecule has 1 aliphatic heterocycles. The van der Waals surface area contributed by atoms with Gasteiger partial charge in [0.15, 0.2) is 0 Å². The first-order chi connectivity index (χ1) is 8.29. The molecule has 1 aliphatic rings. The van der Waals surface area contributed by atoms with Crippen molar-refractivity contribution in [3.63, 3.8) is 0 Å². The van der Waals surface area contributed by atoms with Gasteiger partial charge < -0.3 is 10.1 Å². The zero-order valence-corrected chi connectivity index (χ0v) is 11.8. The van der Waals surface area contributed by atoms with E-state index in [4.69, 9.17) is 4.74 Å². The number of nitrogens with one attached hydrogen (secondary N) is 1. The highest BCUT2D eigenvalue weighted by molar-refractivity contribution is 4.66. The number of unbranched alkanes of at least 4 members (excludes halogenated alkanes) is 3. The minimum Gasteiger partial charge on any atom is -0.377 e. The van der Waals surface area contributed by atoms with Crippen molar-refractivity contribution in [1.82, 2.24) is 5.32 Å². The number of rotatable bonds is 9. The zero-order chi connectivity index (χ0) is 12.3. The van der Waals surface area contributed by atoms with Crippen LogP contribution in [0.15, 0.2) is 0 Å². The van der Waals surface area contributed by atoms with Crippen LogP contribution in [0.2, 0.25) is 0 Å². The van der Waals surface area contributed by atoms with Crippen molar-refractivity contribution in [2.45, 2.75) is 71.3 Å². The molecule has 0 amide bonds. The maximum atomic E-state index is 5.69. The third-order valence-electron chi connectivity index (χ3n) is 3.53. The van der Waals surface area contributed by atoms with E-state index in [-0.39, 0.29) is 0 Å². The van der Waals surface area contributed by atoms with E-state index in [0.717, 1.165) is 19.1 Å². The molecule has 1 saturated heterocycles. The molecular weight excluding hydrogens is 210 g/mol. The van der Waals surface area contributed by atoms with Gasteiger partial charge in [-0.2, -0.15) is 0 Å². The molecule has 1 heterocycles. The fourth-order valence-electron chi connectivity index (χ4n) is 2.39. The van der Waals surface area contributed by atoms with Crippen LogP contribution in [0.3, 0.4) is 0 Å². The molecule has 102 valence electrons.